The van der Waals surface area contributed by atoms with Gasteiger partial charge < -0.3 is 15.1 Å². The average Bonchev–Trinajstić information content (AvgIpc) is 2.70. The first-order valence-electron chi connectivity index (χ1n) is 10.0. The Morgan fingerprint density at radius 2 is 1.89 bits per heavy atom. The zero-order valence-corrected chi connectivity index (χ0v) is 18.7. The molecule has 1 fully saturated rings. The van der Waals surface area contributed by atoms with Gasteiger partial charge in [0, 0.05) is 59.1 Å². The molecule has 0 aliphatic carbocycles. The van der Waals surface area contributed by atoms with Crippen LogP contribution in [0.4, 0.5) is 5.69 Å². The fraction of sp³-hybridized carbons (Fsp3) is 0.650. The molecule has 0 atom stereocenters. The van der Waals surface area contributed by atoms with Crippen LogP contribution in [-0.2, 0) is 10.0 Å². The van der Waals surface area contributed by atoms with Crippen molar-refractivity contribution < 1.29 is 8.42 Å². The molecule has 0 bridgehead atoms. The number of benzene rings is 1. The molecular formula is C20H35N5O2S. The van der Waals surface area contributed by atoms with Crippen LogP contribution in [0.25, 0.3) is 0 Å². The summed E-state index contributed by atoms with van der Waals surface area (Å²) >= 11 is 0. The molecular weight excluding hydrogens is 374 g/mol. The molecule has 7 nitrogen and oxygen atoms in total. The molecule has 1 aromatic rings. The standard InChI is InChI=1S/C20H35N5O2S/c1-6-28(26,27)23(5)12-8-11-22-20(21-4)25-15-13-24(14-16-25)19-10-7-9-17(2)18(19)3/h7,9-10H,6,8,11-16H2,1-5H3,(H,21,22). The molecule has 2 rings (SSSR count). The highest BCUT2D eigenvalue weighted by atomic mass is 32.2. The first-order chi connectivity index (χ1) is 13.3. The molecule has 28 heavy (non-hydrogen) atoms. The summed E-state index contributed by atoms with van der Waals surface area (Å²) in [5.41, 5.74) is 4.00. The molecule has 1 aliphatic heterocycles. The van der Waals surface area contributed by atoms with E-state index in [-0.39, 0.29) is 5.75 Å². The normalized spacial score (nSPS) is 16.0. The van der Waals surface area contributed by atoms with Gasteiger partial charge in [0.25, 0.3) is 0 Å². The number of rotatable bonds is 7. The van der Waals surface area contributed by atoms with Crippen molar-refractivity contribution in [3.8, 4) is 0 Å². The molecule has 1 aromatic carbocycles. The third kappa shape index (κ3) is 5.61. The maximum atomic E-state index is 11.8. The van der Waals surface area contributed by atoms with Crippen LogP contribution in [0.3, 0.4) is 0 Å². The molecule has 0 spiro atoms. The van der Waals surface area contributed by atoms with Gasteiger partial charge in [-0.05, 0) is 44.4 Å². The van der Waals surface area contributed by atoms with Crippen LogP contribution in [-0.4, -0.2) is 82.7 Å². The summed E-state index contributed by atoms with van der Waals surface area (Å²) in [6.45, 7) is 11.0. The third-order valence-electron chi connectivity index (χ3n) is 5.48. The van der Waals surface area contributed by atoms with E-state index in [1.807, 2.05) is 0 Å². The number of hydrogen-bond donors (Lipinski definition) is 1. The number of guanidine groups is 1. The van der Waals surface area contributed by atoms with E-state index in [1.165, 1.54) is 21.1 Å². The fourth-order valence-electron chi connectivity index (χ4n) is 3.43. The first kappa shape index (κ1) is 22.5. The second-order valence-corrected chi connectivity index (χ2v) is 9.61. The van der Waals surface area contributed by atoms with Crippen molar-refractivity contribution in [2.75, 3.05) is 64.0 Å². The second-order valence-electron chi connectivity index (χ2n) is 7.24. The van der Waals surface area contributed by atoms with Gasteiger partial charge in [-0.25, -0.2) is 12.7 Å². The Labute approximate surface area is 170 Å². The van der Waals surface area contributed by atoms with Crippen LogP contribution in [0.15, 0.2) is 23.2 Å². The van der Waals surface area contributed by atoms with Crippen molar-refractivity contribution in [2.45, 2.75) is 27.2 Å². The van der Waals surface area contributed by atoms with Crippen molar-refractivity contribution >= 4 is 21.7 Å². The van der Waals surface area contributed by atoms with Gasteiger partial charge in [0.15, 0.2) is 5.96 Å². The molecule has 0 unspecified atom stereocenters. The fourth-order valence-corrected chi connectivity index (χ4v) is 4.28. The summed E-state index contributed by atoms with van der Waals surface area (Å²) in [6, 6.07) is 6.48. The highest BCUT2D eigenvalue weighted by molar-refractivity contribution is 7.89. The van der Waals surface area contributed by atoms with E-state index in [4.69, 9.17) is 0 Å². The summed E-state index contributed by atoms with van der Waals surface area (Å²) < 4.78 is 25.0. The van der Waals surface area contributed by atoms with Crippen molar-refractivity contribution in [1.29, 1.82) is 0 Å². The summed E-state index contributed by atoms with van der Waals surface area (Å²) in [4.78, 5) is 9.12. The zero-order valence-electron chi connectivity index (χ0n) is 17.9. The number of nitrogens with one attached hydrogen (secondary N) is 1. The van der Waals surface area contributed by atoms with E-state index in [0.29, 0.717) is 13.1 Å². The molecule has 0 saturated carbocycles. The molecule has 1 N–H and O–H groups in total. The van der Waals surface area contributed by atoms with Gasteiger partial charge in [-0.2, -0.15) is 0 Å². The summed E-state index contributed by atoms with van der Waals surface area (Å²) in [6.07, 6.45) is 0.747. The van der Waals surface area contributed by atoms with Gasteiger partial charge in [-0.3, -0.25) is 4.99 Å². The van der Waals surface area contributed by atoms with E-state index in [2.05, 4.69) is 52.2 Å². The number of piperazine rings is 1. The largest absolute Gasteiger partial charge is 0.368 e. The number of aliphatic imine (C=N–C) groups is 1. The Bertz CT molecular complexity index is 771. The van der Waals surface area contributed by atoms with Crippen LogP contribution < -0.4 is 10.2 Å². The van der Waals surface area contributed by atoms with Crippen molar-refractivity contribution in [1.82, 2.24) is 14.5 Å². The molecule has 0 aromatic heterocycles. The number of nitrogens with zero attached hydrogens (tertiary/aromatic N) is 4. The number of anilines is 1. The van der Waals surface area contributed by atoms with Gasteiger partial charge in [0.05, 0.1) is 5.75 Å². The van der Waals surface area contributed by atoms with Gasteiger partial charge in [-0.15, -0.1) is 0 Å². The molecule has 1 heterocycles. The SMILES string of the molecule is CCS(=O)(=O)N(C)CCCNC(=NC)N1CCN(c2cccc(C)c2C)CC1. The van der Waals surface area contributed by atoms with E-state index >= 15 is 0 Å². The van der Waals surface area contributed by atoms with Gasteiger partial charge >= 0.3 is 0 Å². The smallest absolute Gasteiger partial charge is 0.213 e. The Hall–Kier alpha value is -1.80. The minimum atomic E-state index is -3.10. The van der Waals surface area contributed by atoms with Crippen molar-refractivity contribution in [3.63, 3.8) is 0 Å². The molecule has 0 radical (unpaired) electrons. The predicted octanol–water partition coefficient (Wildman–Crippen LogP) is 1.67. The minimum Gasteiger partial charge on any atom is -0.368 e. The maximum Gasteiger partial charge on any atom is 0.213 e. The molecule has 1 aliphatic rings. The van der Waals surface area contributed by atoms with Crippen LogP contribution in [0.2, 0.25) is 0 Å². The van der Waals surface area contributed by atoms with Crippen molar-refractivity contribution in [3.05, 3.63) is 29.3 Å². The molecule has 1 saturated heterocycles. The quantitative estimate of drug-likeness (QED) is 0.422. The minimum absolute atomic E-state index is 0.142. The van der Waals surface area contributed by atoms with E-state index in [1.54, 1.807) is 21.0 Å². The summed E-state index contributed by atoms with van der Waals surface area (Å²) in [5.74, 6) is 1.03. The topological polar surface area (TPSA) is 68.2 Å². The van der Waals surface area contributed by atoms with Crippen LogP contribution in [0.1, 0.15) is 24.5 Å². The predicted molar refractivity (Wildman–Crippen MR) is 118 cm³/mol. The number of hydrogen-bond acceptors (Lipinski definition) is 4. The Morgan fingerprint density at radius 1 is 1.21 bits per heavy atom. The maximum absolute atomic E-state index is 11.8. The van der Waals surface area contributed by atoms with Crippen molar-refractivity contribution in [2.24, 2.45) is 4.99 Å². The molecule has 8 heteroatoms. The Balaban J connectivity index is 1.81. The van der Waals surface area contributed by atoms with Gasteiger partial charge in [-0.1, -0.05) is 12.1 Å². The lowest BCUT2D eigenvalue weighted by molar-refractivity contribution is 0.371. The molecule has 0 amide bonds. The summed E-state index contributed by atoms with van der Waals surface area (Å²) in [7, 11) is 0.333. The van der Waals surface area contributed by atoms with E-state index < -0.39 is 10.0 Å². The van der Waals surface area contributed by atoms with Crippen LogP contribution in [0.5, 0.6) is 0 Å². The lowest BCUT2D eigenvalue weighted by atomic mass is 10.1. The number of sulfonamides is 1. The lowest BCUT2D eigenvalue weighted by Gasteiger charge is -2.38. The van der Waals surface area contributed by atoms with E-state index in [9.17, 15) is 8.42 Å². The Kier molecular flexibility index (Phi) is 8.12. The zero-order chi connectivity index (χ0) is 20.7. The highest BCUT2D eigenvalue weighted by Crippen LogP contribution is 2.23. The molecule has 158 valence electrons. The van der Waals surface area contributed by atoms with Gasteiger partial charge in [0.1, 0.15) is 0 Å². The lowest BCUT2D eigenvalue weighted by Crippen LogP contribution is -2.53. The van der Waals surface area contributed by atoms with Crippen LogP contribution >= 0.6 is 0 Å². The number of aryl methyl sites for hydroxylation is 1. The first-order valence-corrected chi connectivity index (χ1v) is 11.6. The highest BCUT2D eigenvalue weighted by Gasteiger charge is 2.21. The average molecular weight is 410 g/mol. The second kappa shape index (κ2) is 10.1. The third-order valence-corrected chi connectivity index (χ3v) is 7.34. The van der Waals surface area contributed by atoms with Gasteiger partial charge in [0.2, 0.25) is 10.0 Å². The van der Waals surface area contributed by atoms with E-state index in [0.717, 1.165) is 38.6 Å². The summed E-state index contributed by atoms with van der Waals surface area (Å²) in [5, 5.41) is 3.37. The monoisotopic (exact) mass is 409 g/mol. The Morgan fingerprint density at radius 3 is 2.50 bits per heavy atom. The van der Waals surface area contributed by atoms with Crippen LogP contribution in [0, 0.1) is 13.8 Å².